The van der Waals surface area contributed by atoms with Gasteiger partial charge in [-0.25, -0.2) is 27.5 Å². The van der Waals surface area contributed by atoms with Crippen LogP contribution in [0.5, 0.6) is 0 Å². The first-order chi connectivity index (χ1) is 29.6. The number of aromatic nitrogens is 8. The van der Waals surface area contributed by atoms with Crippen LogP contribution >= 0.6 is 0 Å². The SMILES string of the molecule is FCC[n+]1ccccc1-c1c2nc(c(-c3cccc[n+]3CCF)c3ccc([nH]3)c(-c3cccc[n+]3CCF)c3nc(c(-c4cccc[n+]4CCF)c4ccc1[nH]4)C=C3)C=C2. The summed E-state index contributed by atoms with van der Waals surface area (Å²) in [4.78, 5) is 18.0. The van der Waals surface area contributed by atoms with Crippen molar-refractivity contribution in [2.24, 2.45) is 0 Å². The number of hydrogen-bond acceptors (Lipinski definition) is 2. The molecule has 9 heterocycles. The minimum Gasteiger partial charge on any atom is -0.354 e. The number of rotatable bonds is 12. The standard InChI is InChI=1S/C48H41F4N8/c49-21-29-57-25-5-1-9-41(57)45-33-13-15-35(53-33)46(42-10-2-6-26-58(42)30-22-50)37-17-19-39(55-37)48(44-12-4-8-28-60(44)32-24-52)40-20-18-38(56-40)47(36-16-14-34(45)54-36)43-11-3-7-27-59(43)31-23-51/h1-20,25-28H,21-24,29-32H2,(H,53,54,55,56)/q+3/p+1. The highest BCUT2D eigenvalue weighted by molar-refractivity contribution is 5.97. The van der Waals surface area contributed by atoms with Crippen LogP contribution in [-0.2, 0) is 26.2 Å². The van der Waals surface area contributed by atoms with Crippen molar-refractivity contribution in [1.29, 1.82) is 0 Å². The molecule has 9 rings (SSSR count). The fourth-order valence-corrected chi connectivity index (χ4v) is 8.24. The molecule has 0 aliphatic carbocycles. The zero-order chi connectivity index (χ0) is 41.0. The molecule has 298 valence electrons. The zero-order valence-electron chi connectivity index (χ0n) is 32.7. The largest absolute Gasteiger partial charge is 0.354 e. The molecule has 2 aliphatic heterocycles. The van der Waals surface area contributed by atoms with Crippen molar-refractivity contribution in [2.45, 2.75) is 26.2 Å². The molecule has 7 aromatic heterocycles. The van der Waals surface area contributed by atoms with Crippen molar-refractivity contribution >= 4 is 46.4 Å². The fourth-order valence-electron chi connectivity index (χ4n) is 8.24. The molecule has 0 spiro atoms. The Morgan fingerprint density at radius 2 is 0.600 bits per heavy atom. The summed E-state index contributed by atoms with van der Waals surface area (Å²) in [6.45, 7) is -1.74. The van der Waals surface area contributed by atoms with Gasteiger partial charge in [0.15, 0.2) is 51.0 Å². The van der Waals surface area contributed by atoms with Crippen LogP contribution in [0.15, 0.2) is 122 Å². The predicted octanol–water partition coefficient (Wildman–Crippen LogP) is 8.35. The Bertz CT molecular complexity index is 2580. The van der Waals surface area contributed by atoms with Crippen LogP contribution in [0.3, 0.4) is 0 Å². The molecule has 0 aromatic carbocycles. The predicted molar refractivity (Wildman–Crippen MR) is 225 cm³/mol. The van der Waals surface area contributed by atoms with E-state index in [-0.39, 0.29) is 26.2 Å². The van der Waals surface area contributed by atoms with E-state index in [9.17, 15) is 17.6 Å². The fraction of sp³-hybridized carbons (Fsp3) is 0.167. The second-order valence-electron chi connectivity index (χ2n) is 14.4. The van der Waals surface area contributed by atoms with E-state index in [0.717, 1.165) is 67.1 Å². The summed E-state index contributed by atoms with van der Waals surface area (Å²) < 4.78 is 64.0. The van der Waals surface area contributed by atoms with Crippen LogP contribution in [0.4, 0.5) is 17.6 Å². The van der Waals surface area contributed by atoms with E-state index in [0.29, 0.717) is 22.8 Å². The zero-order valence-corrected chi connectivity index (χ0v) is 32.7. The Kier molecular flexibility index (Phi) is 10.9. The molecule has 8 nitrogen and oxygen atoms in total. The Balaban J connectivity index is 1.49. The van der Waals surface area contributed by atoms with Crippen LogP contribution in [-0.4, -0.2) is 46.6 Å². The quantitative estimate of drug-likeness (QED) is 0.0963. The molecule has 0 fully saturated rings. The van der Waals surface area contributed by atoms with Gasteiger partial charge in [0, 0.05) is 48.5 Å². The molecule has 12 heteroatoms. The number of nitrogens with zero attached hydrogens (tertiary/aromatic N) is 6. The molecule has 60 heavy (non-hydrogen) atoms. The average molecular weight is 807 g/mol. The molecule has 0 saturated heterocycles. The van der Waals surface area contributed by atoms with Gasteiger partial charge in [0.2, 0.25) is 22.8 Å². The second kappa shape index (κ2) is 17.0. The molecule has 0 saturated carbocycles. The van der Waals surface area contributed by atoms with Gasteiger partial charge in [0.1, 0.15) is 26.7 Å². The van der Waals surface area contributed by atoms with E-state index in [4.69, 9.17) is 9.97 Å². The normalized spacial score (nSPS) is 12.1. The van der Waals surface area contributed by atoms with E-state index in [2.05, 4.69) is 9.97 Å². The number of halogens is 4. The number of H-pyrrole nitrogens is 2. The van der Waals surface area contributed by atoms with E-state index < -0.39 is 26.7 Å². The molecule has 7 aromatic rings. The number of aryl methyl sites for hydroxylation is 4. The Labute approximate surface area is 343 Å². The lowest BCUT2D eigenvalue weighted by atomic mass is 10.1. The topological polar surface area (TPSA) is 72.9 Å². The molecular weight excluding hydrogens is 765 g/mol. The molecule has 8 bridgehead atoms. The van der Waals surface area contributed by atoms with Crippen molar-refractivity contribution in [3.8, 4) is 45.0 Å². The third kappa shape index (κ3) is 7.18. The number of fused-ring (bicyclic) bond motifs is 8. The van der Waals surface area contributed by atoms with Gasteiger partial charge in [-0.2, -0.15) is 18.3 Å². The monoisotopic (exact) mass is 806 g/mol. The maximum absolute atomic E-state index is 14.1. The van der Waals surface area contributed by atoms with Crippen molar-refractivity contribution in [3.63, 3.8) is 0 Å². The summed E-state index contributed by atoms with van der Waals surface area (Å²) in [5.41, 5.74) is 11.3. The first-order valence-corrected chi connectivity index (χ1v) is 20.0. The summed E-state index contributed by atoms with van der Waals surface area (Å²) in [6.07, 6.45) is 15.2. The number of pyridine rings is 4. The van der Waals surface area contributed by atoms with Crippen LogP contribution < -0.4 is 18.3 Å². The van der Waals surface area contributed by atoms with Crippen LogP contribution in [0, 0.1) is 0 Å². The van der Waals surface area contributed by atoms with Gasteiger partial charge in [0.05, 0.1) is 67.1 Å². The first kappa shape index (κ1) is 38.4. The lowest BCUT2D eigenvalue weighted by Gasteiger charge is -2.07. The first-order valence-electron chi connectivity index (χ1n) is 20.0. The maximum atomic E-state index is 14.1. The highest BCUT2D eigenvalue weighted by Crippen LogP contribution is 2.36. The lowest BCUT2D eigenvalue weighted by Crippen LogP contribution is -2.37. The number of hydrogen-bond donors (Lipinski definition) is 2. The van der Waals surface area contributed by atoms with Crippen LogP contribution in [0.2, 0.25) is 0 Å². The number of alkyl halides is 4. The Morgan fingerprint density at radius 1 is 0.350 bits per heavy atom. The van der Waals surface area contributed by atoms with E-state index >= 15 is 0 Å². The third-order valence-corrected chi connectivity index (χ3v) is 10.8. The van der Waals surface area contributed by atoms with E-state index in [1.54, 1.807) is 0 Å². The van der Waals surface area contributed by atoms with Gasteiger partial charge in [0.25, 0.3) is 0 Å². The number of aromatic amines is 2. The van der Waals surface area contributed by atoms with E-state index in [1.165, 1.54) is 0 Å². The molecular formula is C48H42F4N8+4. The van der Waals surface area contributed by atoms with Gasteiger partial charge >= 0.3 is 0 Å². The van der Waals surface area contributed by atoms with Gasteiger partial charge in [-0.05, 0) is 72.8 Å². The summed E-state index contributed by atoms with van der Waals surface area (Å²) in [6, 6.07) is 30.9. The average Bonchev–Trinajstić information content (AvgIpc) is 4.12. The highest BCUT2D eigenvalue weighted by Gasteiger charge is 2.27. The maximum Gasteiger partial charge on any atom is 0.216 e. The van der Waals surface area contributed by atoms with E-state index in [1.807, 2.05) is 164 Å². The summed E-state index contributed by atoms with van der Waals surface area (Å²) in [5.74, 6) is 0. The van der Waals surface area contributed by atoms with Gasteiger partial charge in [-0.3, -0.25) is 0 Å². The van der Waals surface area contributed by atoms with Crippen LogP contribution in [0.1, 0.15) is 22.8 Å². The summed E-state index contributed by atoms with van der Waals surface area (Å²) in [5, 5.41) is 0. The molecule has 0 unspecified atom stereocenters. The lowest BCUT2D eigenvalue weighted by molar-refractivity contribution is -0.686. The molecule has 2 N–H and O–H groups in total. The molecule has 0 radical (unpaired) electrons. The number of nitrogens with one attached hydrogen (secondary N) is 2. The second-order valence-corrected chi connectivity index (χ2v) is 14.4. The molecule has 2 aliphatic rings. The minimum atomic E-state index is -0.568. The smallest absolute Gasteiger partial charge is 0.216 e. The summed E-state index contributed by atoms with van der Waals surface area (Å²) in [7, 11) is 0. The van der Waals surface area contributed by atoms with Crippen molar-refractivity contribution < 1.29 is 35.8 Å². The molecule has 0 amide bonds. The van der Waals surface area contributed by atoms with Gasteiger partial charge in [-0.15, -0.1) is 0 Å². The minimum absolute atomic E-state index is 0.132. The van der Waals surface area contributed by atoms with Crippen molar-refractivity contribution in [3.05, 3.63) is 145 Å². The third-order valence-electron chi connectivity index (χ3n) is 10.8. The van der Waals surface area contributed by atoms with Crippen LogP contribution in [0.25, 0.3) is 91.4 Å². The van der Waals surface area contributed by atoms with Gasteiger partial charge in [-0.1, -0.05) is 0 Å². The Morgan fingerprint density at radius 3 is 0.833 bits per heavy atom. The summed E-state index contributed by atoms with van der Waals surface area (Å²) >= 11 is 0. The van der Waals surface area contributed by atoms with Gasteiger partial charge < -0.3 is 9.97 Å². The highest BCUT2D eigenvalue weighted by atomic mass is 19.1. The van der Waals surface area contributed by atoms with Crippen molar-refractivity contribution in [1.82, 2.24) is 19.9 Å². The van der Waals surface area contributed by atoms with Crippen molar-refractivity contribution in [2.75, 3.05) is 26.7 Å². The Hall–Kier alpha value is -7.08. The molecule has 0 atom stereocenters.